The van der Waals surface area contributed by atoms with Gasteiger partial charge in [-0.05, 0) is 19.1 Å². The molecule has 3 nitrogen and oxygen atoms in total. The molecule has 0 saturated carbocycles. The Labute approximate surface area is 108 Å². The first-order chi connectivity index (χ1) is 8.20. The molecule has 5 heteroatoms. The number of aryl methyl sites for hydroxylation is 1. The van der Waals surface area contributed by atoms with Crippen LogP contribution in [0.3, 0.4) is 0 Å². The Hall–Kier alpha value is -1.39. The molecular weight excluding hydrogens is 258 g/mol. The van der Waals surface area contributed by atoms with Gasteiger partial charge in [0, 0.05) is 5.38 Å². The van der Waals surface area contributed by atoms with Crippen LogP contribution in [-0.2, 0) is 6.61 Å². The van der Waals surface area contributed by atoms with E-state index >= 15 is 0 Å². The molecule has 0 amide bonds. The fraction of sp³-hybridized carbons (Fsp3) is 0.167. The second-order valence-corrected chi connectivity index (χ2v) is 4.89. The third kappa shape index (κ3) is 2.84. The zero-order valence-corrected chi connectivity index (χ0v) is 10.7. The topological polar surface area (TPSA) is 39.2 Å². The van der Waals surface area contributed by atoms with E-state index in [-0.39, 0.29) is 0 Å². The lowest BCUT2D eigenvalue weighted by molar-refractivity contribution is 0.111. The molecule has 1 aromatic carbocycles. The van der Waals surface area contributed by atoms with Crippen LogP contribution in [0.5, 0.6) is 5.75 Å². The molecule has 2 rings (SSSR count). The number of benzene rings is 1. The Bertz CT molecular complexity index is 539. The van der Waals surface area contributed by atoms with Gasteiger partial charge >= 0.3 is 0 Å². The van der Waals surface area contributed by atoms with Gasteiger partial charge in [0.05, 0.1) is 21.3 Å². The highest BCUT2D eigenvalue weighted by molar-refractivity contribution is 7.09. The van der Waals surface area contributed by atoms with Crippen LogP contribution in [0.4, 0.5) is 0 Å². The van der Waals surface area contributed by atoms with E-state index in [9.17, 15) is 4.79 Å². The van der Waals surface area contributed by atoms with E-state index in [0.29, 0.717) is 29.2 Å². The molecule has 17 heavy (non-hydrogen) atoms. The predicted molar refractivity (Wildman–Crippen MR) is 68.0 cm³/mol. The van der Waals surface area contributed by atoms with Crippen molar-refractivity contribution in [1.82, 2.24) is 4.98 Å². The van der Waals surface area contributed by atoms with E-state index in [1.165, 1.54) is 0 Å². The molecule has 0 radical (unpaired) electrons. The van der Waals surface area contributed by atoms with Gasteiger partial charge in [0.25, 0.3) is 0 Å². The van der Waals surface area contributed by atoms with Crippen LogP contribution < -0.4 is 4.74 Å². The maximum Gasteiger partial charge on any atom is 0.155 e. The van der Waals surface area contributed by atoms with Crippen LogP contribution >= 0.6 is 22.9 Å². The van der Waals surface area contributed by atoms with E-state index < -0.39 is 0 Å². The normalized spacial score (nSPS) is 10.2. The molecular formula is C12H10ClNO2S. The maximum atomic E-state index is 10.9. The molecule has 0 aliphatic rings. The largest absolute Gasteiger partial charge is 0.486 e. The van der Waals surface area contributed by atoms with Crippen molar-refractivity contribution >= 4 is 29.2 Å². The van der Waals surface area contributed by atoms with Crippen molar-refractivity contribution < 1.29 is 9.53 Å². The minimum absolute atomic E-state index is 0.339. The van der Waals surface area contributed by atoms with Crippen LogP contribution in [0.1, 0.15) is 21.1 Å². The highest BCUT2D eigenvalue weighted by Crippen LogP contribution is 2.25. The van der Waals surface area contributed by atoms with Gasteiger partial charge < -0.3 is 4.74 Å². The molecule has 0 unspecified atom stereocenters. The molecule has 0 saturated heterocycles. The fourth-order valence-corrected chi connectivity index (χ4v) is 2.19. The summed E-state index contributed by atoms with van der Waals surface area (Å²) in [6, 6.07) is 5.12. The number of thiazole rings is 1. The number of hydrogen-bond donors (Lipinski definition) is 0. The van der Waals surface area contributed by atoms with Crippen LogP contribution in [0.2, 0.25) is 5.02 Å². The molecule has 88 valence electrons. The maximum absolute atomic E-state index is 10.9. The molecule has 1 heterocycles. The number of halogens is 1. The number of aldehydes is 1. The van der Waals surface area contributed by atoms with Crippen molar-refractivity contribution in [2.24, 2.45) is 0 Å². The first kappa shape index (κ1) is 12.1. The van der Waals surface area contributed by atoms with Gasteiger partial charge in [-0.3, -0.25) is 4.79 Å². The molecule has 1 aromatic heterocycles. The van der Waals surface area contributed by atoms with E-state index in [4.69, 9.17) is 16.3 Å². The summed E-state index contributed by atoms with van der Waals surface area (Å²) in [6.07, 6.45) is 0.698. The van der Waals surface area contributed by atoms with Gasteiger partial charge in [0.1, 0.15) is 12.4 Å². The zero-order chi connectivity index (χ0) is 12.3. The van der Waals surface area contributed by atoms with Gasteiger partial charge in [-0.15, -0.1) is 11.3 Å². The first-order valence-electron chi connectivity index (χ1n) is 4.98. The molecule has 0 spiro atoms. The fourth-order valence-electron chi connectivity index (χ4n) is 1.38. The summed E-state index contributed by atoms with van der Waals surface area (Å²) in [5.41, 5.74) is 1.23. The lowest BCUT2D eigenvalue weighted by Crippen LogP contribution is -1.99. The number of rotatable bonds is 4. The summed E-state index contributed by atoms with van der Waals surface area (Å²) < 4.78 is 5.54. The monoisotopic (exact) mass is 267 g/mol. The molecule has 0 aliphatic heterocycles. The van der Waals surface area contributed by atoms with E-state index in [1.807, 2.05) is 12.3 Å². The number of hydrogen-bond acceptors (Lipinski definition) is 4. The van der Waals surface area contributed by atoms with E-state index in [0.717, 1.165) is 10.7 Å². The quantitative estimate of drug-likeness (QED) is 0.796. The summed E-state index contributed by atoms with van der Waals surface area (Å²) in [5.74, 6) is 0.484. The molecule has 0 N–H and O–H groups in total. The second-order valence-electron chi connectivity index (χ2n) is 3.42. The first-order valence-corrected chi connectivity index (χ1v) is 6.24. The summed E-state index contributed by atoms with van der Waals surface area (Å²) in [4.78, 5) is 15.2. The van der Waals surface area contributed by atoms with Gasteiger partial charge in [-0.2, -0.15) is 0 Å². The van der Waals surface area contributed by atoms with Gasteiger partial charge in [-0.1, -0.05) is 17.7 Å². The Kier molecular flexibility index (Phi) is 3.76. The zero-order valence-electron chi connectivity index (χ0n) is 9.14. The highest BCUT2D eigenvalue weighted by atomic mass is 35.5. The van der Waals surface area contributed by atoms with Crippen molar-refractivity contribution in [3.05, 3.63) is 44.9 Å². The second kappa shape index (κ2) is 5.29. The highest BCUT2D eigenvalue weighted by Gasteiger charge is 2.08. The molecule has 0 atom stereocenters. The van der Waals surface area contributed by atoms with E-state index in [2.05, 4.69) is 4.98 Å². The average Bonchev–Trinajstić information content (AvgIpc) is 2.72. The van der Waals surface area contributed by atoms with Gasteiger partial charge in [0.2, 0.25) is 0 Å². The van der Waals surface area contributed by atoms with Crippen LogP contribution in [0.15, 0.2) is 23.6 Å². The SMILES string of the molecule is Cc1nc(COc2cccc(Cl)c2C=O)cs1. The van der Waals surface area contributed by atoms with Crippen molar-refractivity contribution in [1.29, 1.82) is 0 Å². The number of ether oxygens (including phenoxy) is 1. The Morgan fingerprint density at radius 2 is 2.35 bits per heavy atom. The van der Waals surface area contributed by atoms with Gasteiger partial charge in [-0.25, -0.2) is 4.98 Å². The number of carbonyl (C=O) groups is 1. The van der Waals surface area contributed by atoms with Crippen molar-refractivity contribution in [2.45, 2.75) is 13.5 Å². The van der Waals surface area contributed by atoms with Crippen LogP contribution in [0, 0.1) is 6.92 Å². The van der Waals surface area contributed by atoms with Gasteiger partial charge in [0.15, 0.2) is 6.29 Å². The lowest BCUT2D eigenvalue weighted by Gasteiger charge is -2.07. The molecule has 2 aromatic rings. The number of aromatic nitrogens is 1. The summed E-state index contributed by atoms with van der Waals surface area (Å²) >= 11 is 7.46. The summed E-state index contributed by atoms with van der Waals surface area (Å²) in [6.45, 7) is 2.27. The van der Waals surface area contributed by atoms with Crippen molar-refractivity contribution in [2.75, 3.05) is 0 Å². The van der Waals surface area contributed by atoms with Crippen molar-refractivity contribution in [3.8, 4) is 5.75 Å². The molecule has 0 fully saturated rings. The Morgan fingerprint density at radius 3 is 3.00 bits per heavy atom. The Balaban J connectivity index is 2.14. The average molecular weight is 268 g/mol. The standard InChI is InChI=1S/C12H10ClNO2S/c1-8-14-9(7-17-8)6-16-12-4-2-3-11(13)10(12)5-15/h2-5,7H,6H2,1H3. The smallest absolute Gasteiger partial charge is 0.155 e. The van der Waals surface area contributed by atoms with E-state index in [1.54, 1.807) is 29.5 Å². The lowest BCUT2D eigenvalue weighted by atomic mass is 10.2. The third-order valence-corrected chi connectivity index (χ3v) is 3.32. The van der Waals surface area contributed by atoms with Crippen LogP contribution in [0.25, 0.3) is 0 Å². The predicted octanol–water partition coefficient (Wildman–Crippen LogP) is 3.50. The minimum Gasteiger partial charge on any atom is -0.486 e. The molecule has 0 aliphatic carbocycles. The van der Waals surface area contributed by atoms with Crippen LogP contribution in [-0.4, -0.2) is 11.3 Å². The Morgan fingerprint density at radius 1 is 1.53 bits per heavy atom. The number of carbonyl (C=O) groups excluding carboxylic acids is 1. The third-order valence-electron chi connectivity index (χ3n) is 2.17. The summed E-state index contributed by atoms with van der Waals surface area (Å²) in [5, 5.41) is 3.32. The molecule has 0 bridgehead atoms. The van der Waals surface area contributed by atoms with Crippen molar-refractivity contribution in [3.63, 3.8) is 0 Å². The minimum atomic E-state index is 0.339. The number of nitrogens with zero attached hydrogens (tertiary/aromatic N) is 1. The summed E-state index contributed by atoms with van der Waals surface area (Å²) in [7, 11) is 0.